The Morgan fingerprint density at radius 3 is 2.19 bits per heavy atom. The third kappa shape index (κ3) is 5.49. The molecule has 2 N–H and O–H groups in total. The molecule has 148 valence electrons. The monoisotopic (exact) mass is 403 g/mol. The largest absolute Gasteiger partial charge is 0.494 e. The van der Waals surface area contributed by atoms with E-state index in [0.717, 1.165) is 64.2 Å². The molecule has 0 atom stereocenters. The molecule has 1 saturated heterocycles. The average molecular weight is 404 g/mol. The number of piperazine rings is 1. The van der Waals surface area contributed by atoms with Crippen molar-refractivity contribution < 1.29 is 9.53 Å². The Labute approximate surface area is 169 Å². The Balaban J connectivity index is 0.00000169. The lowest BCUT2D eigenvalue weighted by atomic mass is 9.97. The van der Waals surface area contributed by atoms with Gasteiger partial charge in [-0.15, -0.1) is 24.8 Å². The van der Waals surface area contributed by atoms with E-state index in [2.05, 4.69) is 17.0 Å². The third-order valence-corrected chi connectivity index (χ3v) is 5.22. The van der Waals surface area contributed by atoms with Crippen LogP contribution in [0, 0.1) is 0 Å². The molecule has 0 radical (unpaired) electrons. The smallest absolute Gasteiger partial charge is 0.242 e. The third-order valence-electron chi connectivity index (χ3n) is 5.22. The highest BCUT2D eigenvalue weighted by molar-refractivity contribution is 5.86. The van der Waals surface area contributed by atoms with Crippen LogP contribution in [0.25, 0.3) is 0 Å². The van der Waals surface area contributed by atoms with Gasteiger partial charge in [-0.1, -0.05) is 25.0 Å². The van der Waals surface area contributed by atoms with Crippen LogP contribution in [0.1, 0.15) is 38.2 Å². The molecule has 3 rings (SSSR count). The summed E-state index contributed by atoms with van der Waals surface area (Å²) in [6.45, 7) is 7.00. The van der Waals surface area contributed by atoms with Crippen LogP contribution in [0.2, 0.25) is 0 Å². The number of halogens is 2. The van der Waals surface area contributed by atoms with Crippen LogP contribution >= 0.6 is 24.8 Å². The summed E-state index contributed by atoms with van der Waals surface area (Å²) in [6, 6.07) is 8.29. The van der Waals surface area contributed by atoms with Crippen molar-refractivity contribution in [1.82, 2.24) is 9.80 Å². The van der Waals surface area contributed by atoms with Gasteiger partial charge in [0.1, 0.15) is 5.75 Å². The number of hydrogen-bond acceptors (Lipinski definition) is 4. The van der Waals surface area contributed by atoms with Gasteiger partial charge >= 0.3 is 0 Å². The fourth-order valence-corrected chi connectivity index (χ4v) is 3.76. The summed E-state index contributed by atoms with van der Waals surface area (Å²) in [7, 11) is 0. The molecular formula is C19H31Cl2N3O2. The van der Waals surface area contributed by atoms with Crippen molar-refractivity contribution in [3.8, 4) is 5.75 Å². The molecular weight excluding hydrogens is 373 g/mol. The fourth-order valence-electron chi connectivity index (χ4n) is 3.76. The second-order valence-electron chi connectivity index (χ2n) is 7.01. The molecule has 1 heterocycles. The van der Waals surface area contributed by atoms with E-state index < -0.39 is 5.54 Å². The topological polar surface area (TPSA) is 58.8 Å². The highest BCUT2D eigenvalue weighted by atomic mass is 35.5. The number of benzene rings is 1. The van der Waals surface area contributed by atoms with Gasteiger partial charge in [-0.3, -0.25) is 9.69 Å². The van der Waals surface area contributed by atoms with Crippen LogP contribution in [0.4, 0.5) is 0 Å². The maximum atomic E-state index is 12.7. The summed E-state index contributed by atoms with van der Waals surface area (Å²) < 4.78 is 5.48. The van der Waals surface area contributed by atoms with Crippen molar-refractivity contribution in [2.45, 2.75) is 44.7 Å². The number of carbonyl (C=O) groups is 1. The summed E-state index contributed by atoms with van der Waals surface area (Å²) in [5.74, 6) is 1.09. The summed E-state index contributed by atoms with van der Waals surface area (Å²) in [6.07, 6.45) is 3.86. The van der Waals surface area contributed by atoms with Gasteiger partial charge in [0.15, 0.2) is 0 Å². The Bertz CT molecular complexity index is 554. The first-order valence-corrected chi connectivity index (χ1v) is 9.13. The van der Waals surface area contributed by atoms with Crippen molar-refractivity contribution in [2.75, 3.05) is 32.8 Å². The van der Waals surface area contributed by atoms with E-state index in [1.165, 1.54) is 5.56 Å². The van der Waals surface area contributed by atoms with E-state index in [0.29, 0.717) is 6.61 Å². The molecule has 0 bridgehead atoms. The summed E-state index contributed by atoms with van der Waals surface area (Å²) in [4.78, 5) is 17.0. The lowest BCUT2D eigenvalue weighted by Crippen LogP contribution is -2.58. The zero-order valence-electron chi connectivity index (χ0n) is 15.5. The molecule has 1 aromatic rings. The van der Waals surface area contributed by atoms with Crippen molar-refractivity contribution in [3.05, 3.63) is 29.8 Å². The normalized spacial score (nSPS) is 19.4. The van der Waals surface area contributed by atoms with Crippen LogP contribution < -0.4 is 10.5 Å². The molecule has 1 aliphatic heterocycles. The number of hydrogen-bond donors (Lipinski definition) is 1. The molecule has 1 aromatic carbocycles. The lowest BCUT2D eigenvalue weighted by molar-refractivity contribution is -0.138. The van der Waals surface area contributed by atoms with Crippen LogP contribution in [0.5, 0.6) is 5.75 Å². The summed E-state index contributed by atoms with van der Waals surface area (Å²) in [5, 5.41) is 0. The van der Waals surface area contributed by atoms with Crippen molar-refractivity contribution in [1.29, 1.82) is 0 Å². The number of nitrogens with zero attached hydrogens (tertiary/aromatic N) is 2. The minimum absolute atomic E-state index is 0. The molecule has 2 fully saturated rings. The number of amides is 1. The minimum atomic E-state index is -0.586. The van der Waals surface area contributed by atoms with Gasteiger partial charge in [-0.05, 0) is 37.5 Å². The van der Waals surface area contributed by atoms with E-state index in [-0.39, 0.29) is 30.7 Å². The molecule has 0 spiro atoms. The number of carbonyl (C=O) groups excluding carboxylic acids is 1. The molecule has 1 saturated carbocycles. The molecule has 1 amide bonds. The first-order valence-electron chi connectivity index (χ1n) is 9.13. The summed E-state index contributed by atoms with van der Waals surface area (Å²) >= 11 is 0. The van der Waals surface area contributed by atoms with E-state index in [1.54, 1.807) is 0 Å². The van der Waals surface area contributed by atoms with Gasteiger partial charge < -0.3 is 15.4 Å². The quantitative estimate of drug-likeness (QED) is 0.820. The second kappa shape index (κ2) is 10.4. The molecule has 2 aliphatic rings. The van der Waals surface area contributed by atoms with Crippen molar-refractivity contribution in [2.24, 2.45) is 5.73 Å². The van der Waals surface area contributed by atoms with Gasteiger partial charge in [-0.2, -0.15) is 0 Å². The van der Waals surface area contributed by atoms with Gasteiger partial charge in [-0.25, -0.2) is 0 Å². The molecule has 0 aromatic heterocycles. The van der Waals surface area contributed by atoms with Gasteiger partial charge in [0.2, 0.25) is 5.91 Å². The van der Waals surface area contributed by atoms with Crippen LogP contribution in [-0.4, -0.2) is 54.0 Å². The lowest BCUT2D eigenvalue weighted by Gasteiger charge is -2.38. The van der Waals surface area contributed by atoms with E-state index in [1.807, 2.05) is 24.0 Å². The SMILES string of the molecule is CCOc1ccc(CN2CCN(C(=O)C3(N)CCCC3)CC2)cc1.Cl.Cl. The average Bonchev–Trinajstić information content (AvgIpc) is 3.05. The highest BCUT2D eigenvalue weighted by Crippen LogP contribution is 2.29. The van der Waals surface area contributed by atoms with E-state index in [9.17, 15) is 4.79 Å². The summed E-state index contributed by atoms with van der Waals surface area (Å²) in [5.41, 5.74) is 7.01. The molecule has 5 nitrogen and oxygen atoms in total. The number of rotatable bonds is 5. The van der Waals surface area contributed by atoms with Gasteiger partial charge in [0.25, 0.3) is 0 Å². The minimum Gasteiger partial charge on any atom is -0.494 e. The zero-order valence-corrected chi connectivity index (χ0v) is 17.1. The maximum absolute atomic E-state index is 12.7. The molecule has 7 heteroatoms. The highest BCUT2D eigenvalue weighted by Gasteiger charge is 2.40. The first kappa shape index (κ1) is 23.0. The fraction of sp³-hybridized carbons (Fsp3) is 0.632. The Hall–Kier alpha value is -1.01. The maximum Gasteiger partial charge on any atom is 0.242 e. The molecule has 0 unspecified atom stereocenters. The Morgan fingerprint density at radius 1 is 1.08 bits per heavy atom. The predicted molar refractivity (Wildman–Crippen MR) is 109 cm³/mol. The first-order chi connectivity index (χ1) is 11.6. The van der Waals surface area contributed by atoms with Crippen molar-refractivity contribution in [3.63, 3.8) is 0 Å². The van der Waals surface area contributed by atoms with Crippen LogP contribution in [0.15, 0.2) is 24.3 Å². The van der Waals surface area contributed by atoms with Crippen LogP contribution in [0.3, 0.4) is 0 Å². The van der Waals surface area contributed by atoms with E-state index >= 15 is 0 Å². The van der Waals surface area contributed by atoms with Gasteiger partial charge in [0, 0.05) is 32.7 Å². The van der Waals surface area contributed by atoms with Crippen LogP contribution in [-0.2, 0) is 11.3 Å². The number of nitrogens with two attached hydrogens (primary N) is 1. The molecule has 1 aliphatic carbocycles. The Kier molecular flexibility index (Phi) is 9.17. The standard InChI is InChI=1S/C19H29N3O2.2ClH/c1-2-24-17-7-5-16(6-8-17)15-21-11-13-22(14-12-21)18(23)19(20)9-3-4-10-19;;/h5-8H,2-4,9-15,20H2,1H3;2*1H. The van der Waals surface area contributed by atoms with Gasteiger partial charge in [0.05, 0.1) is 12.1 Å². The predicted octanol–water partition coefficient (Wildman–Crippen LogP) is 2.84. The Morgan fingerprint density at radius 2 is 1.65 bits per heavy atom. The zero-order chi connectivity index (χ0) is 17.0. The number of ether oxygens (including phenoxy) is 1. The van der Waals surface area contributed by atoms with E-state index in [4.69, 9.17) is 10.5 Å². The second-order valence-corrected chi connectivity index (χ2v) is 7.01. The van der Waals surface area contributed by atoms with Crippen molar-refractivity contribution >= 4 is 30.7 Å². The molecule has 26 heavy (non-hydrogen) atoms.